The largest absolute Gasteiger partial charge is 0.766 e. The number of hydrogen-bond donors (Lipinski definition) is 1. The highest BCUT2D eigenvalue weighted by Crippen LogP contribution is 2.14. The van der Waals surface area contributed by atoms with Crippen LogP contribution in [0.1, 0.15) is 6.92 Å². The molecule has 1 aromatic rings. The van der Waals surface area contributed by atoms with E-state index >= 15 is 0 Å². The van der Waals surface area contributed by atoms with Gasteiger partial charge in [-0.25, -0.2) is 0 Å². The second kappa shape index (κ2) is 4.73. The van der Waals surface area contributed by atoms with E-state index in [0.29, 0.717) is 11.3 Å². The average Bonchev–Trinajstić information content (AvgIpc) is 2.17. The monoisotopic (exact) mass is 256 g/mol. The standard InChI is InChI=1S/C10H11NO3S2/c1-7(2)10(12)11-8-3-5-9(6-4-8)16(13,14)15/h3-6H,1H2,2H3,(H,11,12)(H,13,14,15)/p-1. The van der Waals surface area contributed by atoms with Crippen LogP contribution in [-0.4, -0.2) is 14.7 Å². The molecule has 1 rings (SSSR count). The summed E-state index contributed by atoms with van der Waals surface area (Å²) in [6.07, 6.45) is 0. The van der Waals surface area contributed by atoms with Gasteiger partial charge in [0.05, 0.1) is 0 Å². The van der Waals surface area contributed by atoms with Gasteiger partial charge in [0, 0.05) is 16.2 Å². The predicted molar refractivity (Wildman–Crippen MR) is 64.4 cm³/mol. The van der Waals surface area contributed by atoms with E-state index < -0.39 is 8.77 Å². The number of anilines is 1. The summed E-state index contributed by atoms with van der Waals surface area (Å²) < 4.78 is 22.0. The van der Waals surface area contributed by atoms with Crippen LogP contribution in [0.3, 0.4) is 0 Å². The first-order chi connectivity index (χ1) is 7.30. The van der Waals surface area contributed by atoms with E-state index in [0.717, 1.165) is 0 Å². The number of carbonyl (C=O) groups is 1. The Morgan fingerprint density at radius 3 is 2.31 bits per heavy atom. The Balaban J connectivity index is 2.88. The van der Waals surface area contributed by atoms with Crippen LogP contribution in [-0.2, 0) is 24.8 Å². The van der Waals surface area contributed by atoms with Crippen LogP contribution >= 0.6 is 0 Å². The fourth-order valence-electron chi connectivity index (χ4n) is 0.943. The molecule has 4 nitrogen and oxygen atoms in total. The summed E-state index contributed by atoms with van der Waals surface area (Å²) in [6.45, 7) is 5.06. The third-order valence-electron chi connectivity index (χ3n) is 1.79. The summed E-state index contributed by atoms with van der Waals surface area (Å²) in [5.41, 5.74) is 0.871. The molecule has 0 fully saturated rings. The van der Waals surface area contributed by atoms with Gasteiger partial charge in [-0.05, 0) is 51.2 Å². The second-order valence-corrected chi connectivity index (χ2v) is 5.91. The third-order valence-corrected chi connectivity index (χ3v) is 3.22. The lowest BCUT2D eigenvalue weighted by atomic mass is 10.3. The van der Waals surface area contributed by atoms with Crippen LogP contribution in [0.15, 0.2) is 41.3 Å². The fraction of sp³-hybridized carbons (Fsp3) is 0.100. The minimum Gasteiger partial charge on any atom is -0.766 e. The van der Waals surface area contributed by atoms with Gasteiger partial charge in [-0.1, -0.05) is 6.58 Å². The van der Waals surface area contributed by atoms with Gasteiger partial charge >= 0.3 is 0 Å². The van der Waals surface area contributed by atoms with E-state index in [2.05, 4.69) is 23.1 Å². The van der Waals surface area contributed by atoms with E-state index in [-0.39, 0.29) is 10.8 Å². The van der Waals surface area contributed by atoms with Gasteiger partial charge in [-0.15, -0.1) is 0 Å². The van der Waals surface area contributed by atoms with Gasteiger partial charge in [0.25, 0.3) is 5.91 Å². The lowest BCUT2D eigenvalue weighted by Gasteiger charge is -2.11. The normalized spacial score (nSPS) is 13.9. The highest BCUT2D eigenvalue weighted by atomic mass is 32.8. The first-order valence-corrected chi connectivity index (χ1v) is 6.74. The number of carbonyl (C=O) groups excluding carboxylic acids is 1. The zero-order valence-electron chi connectivity index (χ0n) is 8.56. The number of hydrogen-bond acceptors (Lipinski definition) is 4. The maximum Gasteiger partial charge on any atom is 0.250 e. The minimum atomic E-state index is -3.61. The average molecular weight is 256 g/mol. The molecule has 0 saturated heterocycles. The highest BCUT2D eigenvalue weighted by molar-refractivity contribution is 8.29. The first kappa shape index (κ1) is 12.8. The van der Waals surface area contributed by atoms with E-state index in [9.17, 15) is 13.6 Å². The second-order valence-electron chi connectivity index (χ2n) is 3.21. The molecule has 86 valence electrons. The van der Waals surface area contributed by atoms with Crippen LogP contribution < -0.4 is 5.32 Å². The lowest BCUT2D eigenvalue weighted by molar-refractivity contribution is -0.112. The Kier molecular flexibility index (Phi) is 3.79. The predicted octanol–water partition coefficient (Wildman–Crippen LogP) is 1.44. The summed E-state index contributed by atoms with van der Waals surface area (Å²) in [5.74, 6) is -0.311. The third kappa shape index (κ3) is 3.41. The van der Waals surface area contributed by atoms with Crippen molar-refractivity contribution in [2.75, 3.05) is 5.32 Å². The number of amides is 1. The smallest absolute Gasteiger partial charge is 0.250 e. The van der Waals surface area contributed by atoms with Crippen molar-refractivity contribution in [3.05, 3.63) is 36.4 Å². The summed E-state index contributed by atoms with van der Waals surface area (Å²) in [4.78, 5) is 11.3. The van der Waals surface area contributed by atoms with Crippen molar-refractivity contribution in [2.45, 2.75) is 11.8 Å². The maximum absolute atomic E-state index is 11.2. The molecule has 1 unspecified atom stereocenters. The van der Waals surface area contributed by atoms with Gasteiger partial charge in [0.1, 0.15) is 0 Å². The van der Waals surface area contributed by atoms with Gasteiger partial charge in [0.15, 0.2) is 0 Å². The molecular formula is C10H10NO3S2-. The molecule has 0 spiro atoms. The Bertz CT molecular complexity index is 518. The molecule has 1 amide bonds. The quantitative estimate of drug-likeness (QED) is 0.831. The molecule has 0 aromatic heterocycles. The fourth-order valence-corrected chi connectivity index (χ4v) is 1.75. The van der Waals surface area contributed by atoms with Crippen molar-refractivity contribution in [1.29, 1.82) is 0 Å². The molecule has 0 aliphatic rings. The number of benzene rings is 1. The molecule has 1 N–H and O–H groups in total. The minimum absolute atomic E-state index is 0.0378. The number of nitrogens with one attached hydrogen (secondary N) is 1. The van der Waals surface area contributed by atoms with Crippen molar-refractivity contribution in [3.8, 4) is 0 Å². The summed E-state index contributed by atoms with van der Waals surface area (Å²) in [6, 6.07) is 5.63. The molecule has 6 heteroatoms. The van der Waals surface area contributed by atoms with Crippen LogP contribution in [0, 0.1) is 0 Å². The molecule has 0 aliphatic carbocycles. The van der Waals surface area contributed by atoms with Crippen molar-refractivity contribution in [3.63, 3.8) is 0 Å². The molecule has 16 heavy (non-hydrogen) atoms. The zero-order valence-corrected chi connectivity index (χ0v) is 10.2. The summed E-state index contributed by atoms with van der Waals surface area (Å²) in [7, 11) is -3.61. The van der Waals surface area contributed by atoms with E-state index in [1.54, 1.807) is 6.92 Å². The lowest BCUT2D eigenvalue weighted by Crippen LogP contribution is -2.11. The Hall–Kier alpha value is -1.24. The summed E-state index contributed by atoms with van der Waals surface area (Å²) in [5, 5.41) is 2.55. The Morgan fingerprint density at radius 1 is 1.44 bits per heavy atom. The Morgan fingerprint density at radius 2 is 1.94 bits per heavy atom. The molecule has 0 bridgehead atoms. The zero-order chi connectivity index (χ0) is 12.3. The van der Waals surface area contributed by atoms with Gasteiger partial charge in [-0.2, -0.15) is 0 Å². The van der Waals surface area contributed by atoms with Crippen LogP contribution in [0.2, 0.25) is 0 Å². The van der Waals surface area contributed by atoms with Crippen LogP contribution in [0.25, 0.3) is 0 Å². The first-order valence-electron chi connectivity index (χ1n) is 4.33. The molecule has 0 saturated carbocycles. The van der Waals surface area contributed by atoms with Crippen LogP contribution in [0.5, 0.6) is 0 Å². The Labute approximate surface area is 98.9 Å². The molecule has 0 heterocycles. The van der Waals surface area contributed by atoms with Crippen molar-refractivity contribution in [1.82, 2.24) is 0 Å². The molecule has 0 radical (unpaired) electrons. The molecule has 1 atom stereocenters. The van der Waals surface area contributed by atoms with E-state index in [4.69, 9.17) is 0 Å². The van der Waals surface area contributed by atoms with E-state index in [1.807, 2.05) is 0 Å². The SMILES string of the molecule is C=C(C)C(=O)Nc1ccc(S(=O)([O-])=S)cc1. The van der Waals surface area contributed by atoms with E-state index in [1.165, 1.54) is 24.3 Å². The summed E-state index contributed by atoms with van der Waals surface area (Å²) >= 11 is 4.29. The molecule has 0 aliphatic heterocycles. The van der Waals surface area contributed by atoms with Crippen LogP contribution in [0.4, 0.5) is 5.69 Å². The number of rotatable bonds is 3. The highest BCUT2D eigenvalue weighted by Gasteiger charge is 2.03. The van der Waals surface area contributed by atoms with Crippen molar-refractivity contribution >= 4 is 31.6 Å². The van der Waals surface area contributed by atoms with Gasteiger partial charge in [0.2, 0.25) is 0 Å². The molecule has 1 aromatic carbocycles. The van der Waals surface area contributed by atoms with Crippen molar-refractivity contribution < 1.29 is 13.6 Å². The topological polar surface area (TPSA) is 69.2 Å². The van der Waals surface area contributed by atoms with Gasteiger partial charge in [-0.3, -0.25) is 9.00 Å². The van der Waals surface area contributed by atoms with Crippen molar-refractivity contribution in [2.24, 2.45) is 0 Å². The molecular weight excluding hydrogens is 246 g/mol. The maximum atomic E-state index is 11.2. The van der Waals surface area contributed by atoms with Gasteiger partial charge < -0.3 is 9.87 Å².